The molecule has 7 heteroatoms. The predicted molar refractivity (Wildman–Crippen MR) is 91.0 cm³/mol. The van der Waals surface area contributed by atoms with Crippen LogP contribution in [0.15, 0.2) is 18.3 Å². The second-order valence-electron chi connectivity index (χ2n) is 6.36. The molecule has 0 saturated carbocycles. The number of fused-ring (bicyclic) bond motifs is 1. The Kier molecular flexibility index (Phi) is 4.53. The van der Waals surface area contributed by atoms with E-state index in [4.69, 9.17) is 4.74 Å². The quantitative estimate of drug-likeness (QED) is 0.894. The number of carbonyl (C=O) groups is 1. The normalized spacial score (nSPS) is 19.7. The minimum atomic E-state index is -0.169. The minimum Gasteiger partial charge on any atom is -0.369 e. The van der Waals surface area contributed by atoms with Crippen molar-refractivity contribution in [3.05, 3.63) is 40.8 Å². The molecule has 2 aromatic heterocycles. The van der Waals surface area contributed by atoms with Crippen LogP contribution in [0, 0.1) is 0 Å². The summed E-state index contributed by atoms with van der Waals surface area (Å²) < 4.78 is 5.76. The standard InChI is InChI=1S/C17H23N5O2/c1-10-7-13-15(11(2)24-10)20-21-16(13)17(23)19-9-12-5-6-18-14(8-12)22(3)4/h5-6,8,10-11H,7,9H2,1-4H3,(H,19,23)(H,20,21)/t10-,11+/m1/s1. The van der Waals surface area contributed by atoms with E-state index in [1.165, 1.54) is 0 Å². The average molecular weight is 329 g/mol. The summed E-state index contributed by atoms with van der Waals surface area (Å²) in [5, 5.41) is 10.1. The van der Waals surface area contributed by atoms with Crippen LogP contribution in [0.3, 0.4) is 0 Å². The number of nitrogens with one attached hydrogen (secondary N) is 2. The zero-order valence-electron chi connectivity index (χ0n) is 14.5. The predicted octanol–water partition coefficient (Wildman–Crippen LogP) is 1.82. The highest BCUT2D eigenvalue weighted by Gasteiger charge is 2.29. The molecule has 0 saturated heterocycles. The number of amides is 1. The largest absolute Gasteiger partial charge is 0.369 e. The lowest BCUT2D eigenvalue weighted by Crippen LogP contribution is -2.27. The van der Waals surface area contributed by atoms with E-state index in [9.17, 15) is 4.79 Å². The van der Waals surface area contributed by atoms with Gasteiger partial charge in [0, 0.05) is 38.8 Å². The van der Waals surface area contributed by atoms with Crippen LogP contribution in [0.4, 0.5) is 5.82 Å². The number of ether oxygens (including phenoxy) is 1. The number of nitrogens with zero attached hydrogens (tertiary/aromatic N) is 3. The van der Waals surface area contributed by atoms with Crippen molar-refractivity contribution < 1.29 is 9.53 Å². The molecule has 0 spiro atoms. The Morgan fingerprint density at radius 1 is 1.46 bits per heavy atom. The lowest BCUT2D eigenvalue weighted by atomic mass is 9.99. The first-order valence-electron chi connectivity index (χ1n) is 8.08. The molecular formula is C17H23N5O2. The molecule has 3 heterocycles. The first-order valence-corrected chi connectivity index (χ1v) is 8.08. The van der Waals surface area contributed by atoms with E-state index >= 15 is 0 Å². The van der Waals surface area contributed by atoms with Crippen LogP contribution in [0.5, 0.6) is 0 Å². The summed E-state index contributed by atoms with van der Waals surface area (Å²) >= 11 is 0. The van der Waals surface area contributed by atoms with Crippen LogP contribution in [-0.2, 0) is 17.7 Å². The van der Waals surface area contributed by atoms with Crippen LogP contribution in [0.2, 0.25) is 0 Å². The van der Waals surface area contributed by atoms with E-state index in [2.05, 4.69) is 20.5 Å². The number of anilines is 1. The first kappa shape index (κ1) is 16.4. The number of rotatable bonds is 4. The molecular weight excluding hydrogens is 306 g/mol. The van der Waals surface area contributed by atoms with Crippen molar-refractivity contribution in [2.24, 2.45) is 0 Å². The van der Waals surface area contributed by atoms with Gasteiger partial charge in [0.05, 0.1) is 17.9 Å². The summed E-state index contributed by atoms with van der Waals surface area (Å²) in [6, 6.07) is 3.85. The summed E-state index contributed by atoms with van der Waals surface area (Å²) in [6.45, 7) is 4.41. The SMILES string of the molecule is C[C@@H]1Cc2c(C(=O)NCc3ccnc(N(C)C)c3)n[nH]c2[C@H](C)O1. The van der Waals surface area contributed by atoms with Crippen molar-refractivity contribution in [2.75, 3.05) is 19.0 Å². The monoisotopic (exact) mass is 329 g/mol. The van der Waals surface area contributed by atoms with Gasteiger partial charge in [-0.25, -0.2) is 4.98 Å². The van der Waals surface area contributed by atoms with Gasteiger partial charge in [-0.1, -0.05) is 0 Å². The number of aromatic nitrogens is 3. The summed E-state index contributed by atoms with van der Waals surface area (Å²) in [5.41, 5.74) is 3.32. The fourth-order valence-electron chi connectivity index (χ4n) is 2.94. The van der Waals surface area contributed by atoms with Gasteiger partial charge in [-0.15, -0.1) is 0 Å². The number of pyridine rings is 1. The number of H-pyrrole nitrogens is 1. The molecule has 3 rings (SSSR count). The summed E-state index contributed by atoms with van der Waals surface area (Å²) in [6.07, 6.45) is 2.45. The van der Waals surface area contributed by atoms with Gasteiger partial charge in [0.15, 0.2) is 5.69 Å². The Morgan fingerprint density at radius 3 is 3.00 bits per heavy atom. The zero-order chi connectivity index (χ0) is 17.3. The molecule has 0 unspecified atom stereocenters. The van der Waals surface area contributed by atoms with Gasteiger partial charge in [0.1, 0.15) is 5.82 Å². The molecule has 128 valence electrons. The van der Waals surface area contributed by atoms with Gasteiger partial charge in [0.25, 0.3) is 5.91 Å². The second kappa shape index (κ2) is 6.60. The van der Waals surface area contributed by atoms with Gasteiger partial charge in [0.2, 0.25) is 0 Å². The highest BCUT2D eigenvalue weighted by molar-refractivity contribution is 5.94. The van der Waals surface area contributed by atoms with E-state index in [0.717, 1.165) is 22.6 Å². The molecule has 0 bridgehead atoms. The fraction of sp³-hybridized carbons (Fsp3) is 0.471. The molecule has 1 aliphatic heterocycles. The molecule has 2 aromatic rings. The molecule has 0 aromatic carbocycles. The fourth-order valence-corrected chi connectivity index (χ4v) is 2.94. The Morgan fingerprint density at radius 2 is 2.25 bits per heavy atom. The van der Waals surface area contributed by atoms with E-state index in [1.54, 1.807) is 6.20 Å². The van der Waals surface area contributed by atoms with Crippen LogP contribution < -0.4 is 10.2 Å². The lowest BCUT2D eigenvalue weighted by Gasteiger charge is -2.25. The maximum absolute atomic E-state index is 12.5. The van der Waals surface area contributed by atoms with E-state index in [0.29, 0.717) is 18.7 Å². The summed E-state index contributed by atoms with van der Waals surface area (Å²) in [4.78, 5) is 18.7. The Hall–Kier alpha value is -2.41. The van der Waals surface area contributed by atoms with E-state index < -0.39 is 0 Å². The van der Waals surface area contributed by atoms with E-state index in [1.807, 2.05) is 45.0 Å². The van der Waals surface area contributed by atoms with Gasteiger partial charge in [-0.3, -0.25) is 9.89 Å². The van der Waals surface area contributed by atoms with Gasteiger partial charge in [-0.05, 0) is 31.5 Å². The summed E-state index contributed by atoms with van der Waals surface area (Å²) in [7, 11) is 3.87. The van der Waals surface area contributed by atoms with Gasteiger partial charge < -0.3 is 15.0 Å². The van der Waals surface area contributed by atoms with Crippen molar-refractivity contribution in [2.45, 2.75) is 39.0 Å². The smallest absolute Gasteiger partial charge is 0.272 e. The molecule has 1 aliphatic rings. The minimum absolute atomic E-state index is 0.0688. The van der Waals surface area contributed by atoms with Crippen LogP contribution >= 0.6 is 0 Å². The van der Waals surface area contributed by atoms with Crippen molar-refractivity contribution in [1.82, 2.24) is 20.5 Å². The number of hydrogen-bond donors (Lipinski definition) is 2. The first-order chi connectivity index (χ1) is 11.5. The molecule has 24 heavy (non-hydrogen) atoms. The molecule has 2 N–H and O–H groups in total. The Labute approximate surface area is 141 Å². The topological polar surface area (TPSA) is 83.1 Å². The molecule has 0 fully saturated rings. The maximum Gasteiger partial charge on any atom is 0.272 e. The van der Waals surface area contributed by atoms with Crippen LogP contribution in [0.25, 0.3) is 0 Å². The molecule has 7 nitrogen and oxygen atoms in total. The number of carbonyl (C=O) groups excluding carboxylic acids is 1. The van der Waals surface area contributed by atoms with E-state index in [-0.39, 0.29) is 18.1 Å². The lowest BCUT2D eigenvalue weighted by molar-refractivity contribution is -0.00697. The molecule has 1 amide bonds. The third kappa shape index (κ3) is 3.26. The average Bonchev–Trinajstić information content (AvgIpc) is 2.97. The Bertz CT molecular complexity index is 740. The van der Waals surface area contributed by atoms with Crippen molar-refractivity contribution in [3.63, 3.8) is 0 Å². The summed E-state index contributed by atoms with van der Waals surface area (Å²) in [5.74, 6) is 0.690. The highest BCUT2D eigenvalue weighted by Crippen LogP contribution is 2.30. The highest BCUT2D eigenvalue weighted by atomic mass is 16.5. The third-order valence-electron chi connectivity index (χ3n) is 4.17. The van der Waals surface area contributed by atoms with Gasteiger partial charge in [-0.2, -0.15) is 5.10 Å². The molecule has 2 atom stereocenters. The number of hydrogen-bond acceptors (Lipinski definition) is 5. The van der Waals surface area contributed by atoms with Gasteiger partial charge >= 0.3 is 0 Å². The molecule has 0 aliphatic carbocycles. The van der Waals surface area contributed by atoms with Crippen LogP contribution in [0.1, 0.15) is 47.3 Å². The zero-order valence-corrected chi connectivity index (χ0v) is 14.5. The van der Waals surface area contributed by atoms with Crippen LogP contribution in [-0.4, -0.2) is 41.3 Å². The Balaban J connectivity index is 1.71. The maximum atomic E-state index is 12.5. The van der Waals surface area contributed by atoms with Crippen molar-refractivity contribution in [1.29, 1.82) is 0 Å². The third-order valence-corrected chi connectivity index (χ3v) is 4.17. The number of aromatic amines is 1. The second-order valence-corrected chi connectivity index (χ2v) is 6.36. The molecule has 0 radical (unpaired) electrons. The van der Waals surface area contributed by atoms with Crippen molar-refractivity contribution >= 4 is 11.7 Å². The van der Waals surface area contributed by atoms with Crippen molar-refractivity contribution in [3.8, 4) is 0 Å².